The molecule has 1 fully saturated rings. The summed E-state index contributed by atoms with van der Waals surface area (Å²) in [6.45, 7) is 5.52. The number of hydrogen-bond acceptors (Lipinski definition) is 2. The zero-order valence-corrected chi connectivity index (χ0v) is 13.6. The Morgan fingerprint density at radius 1 is 1.14 bits per heavy atom. The molecule has 0 atom stereocenters. The van der Waals surface area contributed by atoms with Gasteiger partial charge in [-0.1, -0.05) is 26.0 Å². The highest BCUT2D eigenvalue weighted by Crippen LogP contribution is 2.20. The van der Waals surface area contributed by atoms with E-state index in [9.17, 15) is 9.59 Å². The van der Waals surface area contributed by atoms with Crippen molar-refractivity contribution in [1.82, 2.24) is 10.2 Å². The van der Waals surface area contributed by atoms with E-state index in [4.69, 9.17) is 0 Å². The van der Waals surface area contributed by atoms with Crippen molar-refractivity contribution in [3.8, 4) is 0 Å². The minimum Gasteiger partial charge on any atom is -0.359 e. The predicted octanol–water partition coefficient (Wildman–Crippen LogP) is 2.80. The number of carbonyl (C=O) groups is 2. The lowest BCUT2D eigenvalue weighted by molar-refractivity contribution is -0.125. The Bertz CT molecular complexity index is 517. The van der Waals surface area contributed by atoms with Gasteiger partial charge < -0.3 is 15.5 Å². The van der Waals surface area contributed by atoms with Crippen molar-refractivity contribution in [1.29, 1.82) is 0 Å². The second-order valence-electron chi connectivity index (χ2n) is 6.08. The molecule has 120 valence electrons. The van der Waals surface area contributed by atoms with Crippen molar-refractivity contribution in [2.75, 3.05) is 25.5 Å². The van der Waals surface area contributed by atoms with Crippen LogP contribution in [0.2, 0.25) is 0 Å². The van der Waals surface area contributed by atoms with E-state index in [-0.39, 0.29) is 17.9 Å². The molecule has 2 N–H and O–H groups in total. The molecule has 1 aliphatic rings. The molecule has 0 spiro atoms. The molecule has 0 aliphatic carbocycles. The summed E-state index contributed by atoms with van der Waals surface area (Å²) in [6.07, 6.45) is 1.44. The van der Waals surface area contributed by atoms with E-state index in [1.165, 1.54) is 5.56 Å². The monoisotopic (exact) mass is 303 g/mol. The minimum absolute atomic E-state index is 0.0272. The van der Waals surface area contributed by atoms with Crippen LogP contribution in [0.5, 0.6) is 0 Å². The summed E-state index contributed by atoms with van der Waals surface area (Å²) in [5, 5.41) is 5.60. The third-order valence-corrected chi connectivity index (χ3v) is 4.23. The van der Waals surface area contributed by atoms with Crippen LogP contribution in [0, 0.1) is 5.92 Å². The quantitative estimate of drug-likeness (QED) is 0.902. The molecule has 0 unspecified atom stereocenters. The molecule has 3 amide bonds. The van der Waals surface area contributed by atoms with E-state index in [2.05, 4.69) is 24.5 Å². The summed E-state index contributed by atoms with van der Waals surface area (Å²) in [5.74, 6) is 0.581. The lowest BCUT2D eigenvalue weighted by Crippen LogP contribution is -2.44. The fraction of sp³-hybridized carbons (Fsp3) is 0.529. The van der Waals surface area contributed by atoms with Crippen molar-refractivity contribution in [3.63, 3.8) is 0 Å². The molecule has 2 rings (SSSR count). The number of piperidine rings is 1. The lowest BCUT2D eigenvalue weighted by atomic mass is 9.96. The summed E-state index contributed by atoms with van der Waals surface area (Å²) >= 11 is 0. The van der Waals surface area contributed by atoms with Gasteiger partial charge in [0.2, 0.25) is 5.91 Å². The Hall–Kier alpha value is -2.04. The molecule has 0 radical (unpaired) electrons. The number of rotatable bonds is 3. The highest BCUT2D eigenvalue weighted by Gasteiger charge is 2.26. The van der Waals surface area contributed by atoms with Crippen molar-refractivity contribution in [2.45, 2.75) is 32.6 Å². The highest BCUT2D eigenvalue weighted by atomic mass is 16.2. The Morgan fingerprint density at radius 2 is 1.73 bits per heavy atom. The van der Waals surface area contributed by atoms with Crippen LogP contribution in [0.1, 0.15) is 38.2 Å². The molecule has 0 aromatic heterocycles. The molecule has 22 heavy (non-hydrogen) atoms. The predicted molar refractivity (Wildman–Crippen MR) is 87.9 cm³/mol. The third-order valence-electron chi connectivity index (χ3n) is 4.23. The van der Waals surface area contributed by atoms with Crippen LogP contribution >= 0.6 is 0 Å². The number of benzene rings is 1. The molecule has 1 saturated heterocycles. The van der Waals surface area contributed by atoms with Crippen LogP contribution in [0.3, 0.4) is 0 Å². The third kappa shape index (κ3) is 4.00. The van der Waals surface area contributed by atoms with Crippen molar-refractivity contribution in [3.05, 3.63) is 29.8 Å². The fourth-order valence-corrected chi connectivity index (χ4v) is 2.70. The molecule has 5 heteroatoms. The van der Waals surface area contributed by atoms with Gasteiger partial charge in [-0.25, -0.2) is 4.79 Å². The number of likely N-dealkylation sites (tertiary alicyclic amines) is 1. The van der Waals surface area contributed by atoms with Crippen molar-refractivity contribution >= 4 is 17.6 Å². The zero-order valence-electron chi connectivity index (χ0n) is 13.6. The number of carbonyl (C=O) groups excluding carboxylic acids is 2. The standard InChI is InChI=1S/C17H25N3O2/c1-12(2)13-4-6-15(7-5-13)19-17(22)20-10-8-14(9-11-20)16(21)18-3/h4-7,12,14H,8-11H2,1-3H3,(H,18,21)(H,19,22). The van der Waals surface area contributed by atoms with Gasteiger partial charge in [0.25, 0.3) is 0 Å². The first-order chi connectivity index (χ1) is 10.5. The molecule has 1 heterocycles. The van der Waals surface area contributed by atoms with Gasteiger partial charge in [0.15, 0.2) is 0 Å². The molecule has 0 saturated carbocycles. The summed E-state index contributed by atoms with van der Waals surface area (Å²) < 4.78 is 0. The average Bonchev–Trinajstić information content (AvgIpc) is 2.54. The average molecular weight is 303 g/mol. The summed E-state index contributed by atoms with van der Waals surface area (Å²) in [5.41, 5.74) is 2.06. The number of amides is 3. The van der Waals surface area contributed by atoms with Crippen LogP contribution in [-0.4, -0.2) is 37.0 Å². The molecule has 1 aromatic rings. The van der Waals surface area contributed by atoms with Gasteiger partial charge in [-0.05, 0) is 36.5 Å². The number of nitrogens with one attached hydrogen (secondary N) is 2. The fourth-order valence-electron chi connectivity index (χ4n) is 2.70. The highest BCUT2D eigenvalue weighted by molar-refractivity contribution is 5.89. The molecule has 5 nitrogen and oxygen atoms in total. The Kier molecular flexibility index (Phi) is 5.41. The Balaban J connectivity index is 1.87. The SMILES string of the molecule is CNC(=O)C1CCN(C(=O)Nc2ccc(C(C)C)cc2)CC1. The van der Waals surface area contributed by atoms with Crippen LogP contribution in [0.15, 0.2) is 24.3 Å². The number of nitrogens with zero attached hydrogens (tertiary/aromatic N) is 1. The largest absolute Gasteiger partial charge is 0.359 e. The van der Waals surface area contributed by atoms with E-state index >= 15 is 0 Å². The topological polar surface area (TPSA) is 61.4 Å². The summed E-state index contributed by atoms with van der Waals surface area (Å²) in [6, 6.07) is 7.86. The molecular formula is C17H25N3O2. The molecule has 1 aromatic carbocycles. The normalized spacial score (nSPS) is 15.7. The number of urea groups is 1. The molecular weight excluding hydrogens is 278 g/mol. The van der Waals surface area contributed by atoms with E-state index < -0.39 is 0 Å². The zero-order chi connectivity index (χ0) is 16.1. The van der Waals surface area contributed by atoms with Gasteiger partial charge in [0, 0.05) is 31.7 Å². The van der Waals surface area contributed by atoms with E-state index in [1.807, 2.05) is 24.3 Å². The molecule has 0 bridgehead atoms. The summed E-state index contributed by atoms with van der Waals surface area (Å²) in [7, 11) is 1.65. The lowest BCUT2D eigenvalue weighted by Gasteiger charge is -2.31. The van der Waals surface area contributed by atoms with Crippen molar-refractivity contribution < 1.29 is 9.59 Å². The first kappa shape index (κ1) is 16.3. The van der Waals surface area contributed by atoms with Gasteiger partial charge in [0.1, 0.15) is 0 Å². The number of anilines is 1. The smallest absolute Gasteiger partial charge is 0.321 e. The van der Waals surface area contributed by atoms with Crippen LogP contribution in [-0.2, 0) is 4.79 Å². The van der Waals surface area contributed by atoms with Crippen molar-refractivity contribution in [2.24, 2.45) is 5.92 Å². The first-order valence-corrected chi connectivity index (χ1v) is 7.88. The second-order valence-corrected chi connectivity index (χ2v) is 6.08. The van der Waals surface area contributed by atoms with Gasteiger partial charge in [-0.15, -0.1) is 0 Å². The molecule has 1 aliphatic heterocycles. The van der Waals surface area contributed by atoms with E-state index in [0.717, 1.165) is 18.5 Å². The first-order valence-electron chi connectivity index (χ1n) is 7.88. The van der Waals surface area contributed by atoms with E-state index in [1.54, 1.807) is 11.9 Å². The maximum absolute atomic E-state index is 12.2. The van der Waals surface area contributed by atoms with Gasteiger partial charge in [0.05, 0.1) is 0 Å². The second kappa shape index (κ2) is 7.29. The van der Waals surface area contributed by atoms with Gasteiger partial charge >= 0.3 is 6.03 Å². The van der Waals surface area contributed by atoms with Gasteiger partial charge in [-0.3, -0.25) is 4.79 Å². The maximum atomic E-state index is 12.2. The van der Waals surface area contributed by atoms with Gasteiger partial charge in [-0.2, -0.15) is 0 Å². The minimum atomic E-state index is -0.0901. The Morgan fingerprint density at radius 3 is 2.23 bits per heavy atom. The van der Waals surface area contributed by atoms with E-state index in [0.29, 0.717) is 19.0 Å². The number of hydrogen-bond donors (Lipinski definition) is 2. The maximum Gasteiger partial charge on any atom is 0.321 e. The summed E-state index contributed by atoms with van der Waals surface area (Å²) in [4.78, 5) is 25.6. The van der Waals surface area contributed by atoms with Crippen LogP contribution in [0.25, 0.3) is 0 Å². The Labute approximate surface area is 132 Å². The van der Waals surface area contributed by atoms with Crippen LogP contribution in [0.4, 0.5) is 10.5 Å². The van der Waals surface area contributed by atoms with Crippen LogP contribution < -0.4 is 10.6 Å².